The van der Waals surface area contributed by atoms with Gasteiger partial charge in [-0.25, -0.2) is 13.1 Å². The average Bonchev–Trinajstić information content (AvgIpc) is 2.69. The molecule has 2 aromatic carbocycles. The Morgan fingerprint density at radius 3 is 2.41 bits per heavy atom. The maximum absolute atomic E-state index is 12.7. The number of hydrogen-bond acceptors (Lipinski definition) is 4. The van der Waals surface area contributed by atoms with Crippen molar-refractivity contribution in [1.29, 1.82) is 0 Å². The zero-order chi connectivity index (χ0) is 19.4. The number of amides is 1. The number of carbonyl (C=O) groups excluding carboxylic acids is 1. The molecule has 144 valence electrons. The van der Waals surface area contributed by atoms with Crippen LogP contribution in [-0.4, -0.2) is 45.5 Å². The Kier molecular flexibility index (Phi) is 5.82. The first-order valence-corrected chi connectivity index (χ1v) is 10.4. The van der Waals surface area contributed by atoms with E-state index in [0.29, 0.717) is 37.2 Å². The zero-order valence-corrected chi connectivity index (χ0v) is 16.3. The van der Waals surface area contributed by atoms with E-state index in [4.69, 9.17) is 4.74 Å². The standard InChI is InChI=1S/C20H24N2O4S/c1-15-8-9-16(14-19(15)26-2)20(23)22-12-10-17(11-13-22)21-27(24,25)18-6-4-3-5-7-18/h3-9,14,17,21H,10-13H2,1-2H3. The van der Waals surface area contributed by atoms with E-state index in [2.05, 4.69) is 4.72 Å². The van der Waals surface area contributed by atoms with Gasteiger partial charge < -0.3 is 9.64 Å². The summed E-state index contributed by atoms with van der Waals surface area (Å²) in [5.74, 6) is 0.629. The van der Waals surface area contributed by atoms with E-state index in [0.717, 1.165) is 5.56 Å². The van der Waals surface area contributed by atoms with Crippen LogP contribution in [0.2, 0.25) is 0 Å². The number of aryl methyl sites for hydroxylation is 1. The minimum absolute atomic E-state index is 0.0577. The molecule has 0 aromatic heterocycles. The third-order valence-electron chi connectivity index (χ3n) is 4.81. The zero-order valence-electron chi connectivity index (χ0n) is 15.5. The lowest BCUT2D eigenvalue weighted by molar-refractivity contribution is 0.0711. The molecule has 27 heavy (non-hydrogen) atoms. The Hall–Kier alpha value is -2.38. The van der Waals surface area contributed by atoms with Gasteiger partial charge in [-0.2, -0.15) is 0 Å². The molecule has 3 rings (SSSR count). The molecular formula is C20H24N2O4S. The first-order chi connectivity index (χ1) is 12.9. The van der Waals surface area contributed by atoms with Gasteiger partial charge in [0.05, 0.1) is 12.0 Å². The van der Waals surface area contributed by atoms with Gasteiger partial charge in [0.2, 0.25) is 10.0 Å². The van der Waals surface area contributed by atoms with Crippen LogP contribution in [0.5, 0.6) is 5.75 Å². The fourth-order valence-electron chi connectivity index (χ4n) is 3.22. The summed E-state index contributed by atoms with van der Waals surface area (Å²) >= 11 is 0. The van der Waals surface area contributed by atoms with Crippen molar-refractivity contribution in [3.05, 3.63) is 59.7 Å². The van der Waals surface area contributed by atoms with E-state index in [9.17, 15) is 13.2 Å². The molecule has 0 aliphatic carbocycles. The monoisotopic (exact) mass is 388 g/mol. The van der Waals surface area contributed by atoms with Gasteiger partial charge in [-0.1, -0.05) is 24.3 Å². The van der Waals surface area contributed by atoms with Gasteiger partial charge in [0, 0.05) is 24.7 Å². The Morgan fingerprint density at radius 2 is 1.78 bits per heavy atom. The van der Waals surface area contributed by atoms with Gasteiger partial charge in [-0.3, -0.25) is 4.79 Å². The van der Waals surface area contributed by atoms with Crippen molar-refractivity contribution in [2.75, 3.05) is 20.2 Å². The van der Waals surface area contributed by atoms with Crippen molar-refractivity contribution < 1.29 is 17.9 Å². The van der Waals surface area contributed by atoms with Gasteiger partial charge >= 0.3 is 0 Å². The lowest BCUT2D eigenvalue weighted by Crippen LogP contribution is -2.46. The highest BCUT2D eigenvalue weighted by Gasteiger charge is 2.27. The van der Waals surface area contributed by atoms with E-state index in [1.165, 1.54) is 0 Å². The van der Waals surface area contributed by atoms with Crippen molar-refractivity contribution in [2.45, 2.75) is 30.7 Å². The largest absolute Gasteiger partial charge is 0.496 e. The number of likely N-dealkylation sites (tertiary alicyclic amines) is 1. The molecule has 0 bridgehead atoms. The molecule has 1 aliphatic heterocycles. The summed E-state index contributed by atoms with van der Waals surface area (Å²) in [7, 11) is -1.95. The minimum Gasteiger partial charge on any atom is -0.496 e. The van der Waals surface area contributed by atoms with Crippen molar-refractivity contribution in [3.8, 4) is 5.75 Å². The molecule has 0 saturated carbocycles. The molecule has 6 nitrogen and oxygen atoms in total. The molecule has 1 heterocycles. The molecule has 7 heteroatoms. The van der Waals surface area contributed by atoms with Gasteiger partial charge in [0.1, 0.15) is 5.75 Å². The number of methoxy groups -OCH3 is 1. The van der Waals surface area contributed by atoms with Crippen LogP contribution in [0.1, 0.15) is 28.8 Å². The second kappa shape index (κ2) is 8.10. The van der Waals surface area contributed by atoms with Gasteiger partial charge in [0.25, 0.3) is 5.91 Å². The van der Waals surface area contributed by atoms with E-state index < -0.39 is 10.0 Å². The first-order valence-electron chi connectivity index (χ1n) is 8.92. The molecule has 0 unspecified atom stereocenters. The molecule has 1 amide bonds. The summed E-state index contributed by atoms with van der Waals surface area (Å²) in [5.41, 5.74) is 1.56. The molecule has 1 saturated heterocycles. The van der Waals surface area contributed by atoms with Crippen LogP contribution in [0, 0.1) is 6.92 Å². The van der Waals surface area contributed by atoms with Crippen LogP contribution in [0.4, 0.5) is 0 Å². The molecule has 1 aliphatic rings. The molecule has 1 N–H and O–H groups in total. The second-order valence-corrected chi connectivity index (χ2v) is 8.40. The number of nitrogens with zero attached hydrogens (tertiary/aromatic N) is 1. The number of rotatable bonds is 5. The Balaban J connectivity index is 1.61. The number of hydrogen-bond donors (Lipinski definition) is 1. The highest BCUT2D eigenvalue weighted by atomic mass is 32.2. The summed E-state index contributed by atoms with van der Waals surface area (Å²) in [6, 6.07) is 13.6. The number of piperidine rings is 1. The van der Waals surface area contributed by atoms with Crippen molar-refractivity contribution in [3.63, 3.8) is 0 Å². The third-order valence-corrected chi connectivity index (χ3v) is 6.35. The molecule has 2 aromatic rings. The molecular weight excluding hydrogens is 364 g/mol. The maximum atomic E-state index is 12.7. The van der Waals surface area contributed by atoms with Crippen molar-refractivity contribution >= 4 is 15.9 Å². The van der Waals surface area contributed by atoms with Gasteiger partial charge in [-0.05, 0) is 49.6 Å². The summed E-state index contributed by atoms with van der Waals surface area (Å²) in [4.78, 5) is 14.7. The van der Waals surface area contributed by atoms with Crippen LogP contribution in [-0.2, 0) is 10.0 Å². The summed E-state index contributed by atoms with van der Waals surface area (Å²) < 4.78 is 32.9. The predicted octanol–water partition coefficient (Wildman–Crippen LogP) is 2.59. The molecule has 0 atom stereocenters. The topological polar surface area (TPSA) is 75.7 Å². The smallest absolute Gasteiger partial charge is 0.253 e. The second-order valence-electron chi connectivity index (χ2n) is 6.69. The number of ether oxygens (including phenoxy) is 1. The Morgan fingerprint density at radius 1 is 1.11 bits per heavy atom. The van der Waals surface area contributed by atoms with E-state index >= 15 is 0 Å². The van der Waals surface area contributed by atoms with Crippen LogP contribution < -0.4 is 9.46 Å². The Bertz CT molecular complexity index is 905. The van der Waals surface area contributed by atoms with E-state index in [1.807, 2.05) is 13.0 Å². The first kappa shape index (κ1) is 19.4. The highest BCUT2D eigenvalue weighted by molar-refractivity contribution is 7.89. The minimum atomic E-state index is -3.53. The van der Waals surface area contributed by atoms with Gasteiger partial charge in [-0.15, -0.1) is 0 Å². The fourth-order valence-corrected chi connectivity index (χ4v) is 4.55. The lowest BCUT2D eigenvalue weighted by atomic mass is 10.0. The average molecular weight is 388 g/mol. The maximum Gasteiger partial charge on any atom is 0.253 e. The summed E-state index contributed by atoms with van der Waals surface area (Å²) in [5, 5.41) is 0. The number of carbonyl (C=O) groups is 1. The summed E-state index contributed by atoms with van der Waals surface area (Å²) in [6.07, 6.45) is 1.17. The summed E-state index contributed by atoms with van der Waals surface area (Å²) in [6.45, 7) is 2.95. The predicted molar refractivity (Wildman–Crippen MR) is 103 cm³/mol. The van der Waals surface area contributed by atoms with Crippen LogP contribution >= 0.6 is 0 Å². The number of benzene rings is 2. The van der Waals surface area contributed by atoms with Crippen LogP contribution in [0.25, 0.3) is 0 Å². The van der Waals surface area contributed by atoms with E-state index in [1.54, 1.807) is 54.5 Å². The van der Waals surface area contributed by atoms with Crippen molar-refractivity contribution in [2.24, 2.45) is 0 Å². The SMILES string of the molecule is COc1cc(C(=O)N2CCC(NS(=O)(=O)c3ccccc3)CC2)ccc1C. The van der Waals surface area contributed by atoms with Crippen molar-refractivity contribution in [1.82, 2.24) is 9.62 Å². The lowest BCUT2D eigenvalue weighted by Gasteiger charge is -2.32. The quantitative estimate of drug-likeness (QED) is 0.854. The normalized spacial score (nSPS) is 15.6. The van der Waals surface area contributed by atoms with E-state index in [-0.39, 0.29) is 16.8 Å². The Labute approximate surface area is 160 Å². The molecule has 0 spiro atoms. The molecule has 0 radical (unpaired) electrons. The van der Waals surface area contributed by atoms with Crippen LogP contribution in [0.3, 0.4) is 0 Å². The number of sulfonamides is 1. The fraction of sp³-hybridized carbons (Fsp3) is 0.350. The third kappa shape index (κ3) is 4.48. The van der Waals surface area contributed by atoms with Crippen LogP contribution in [0.15, 0.2) is 53.4 Å². The molecule has 1 fully saturated rings. The number of nitrogens with one attached hydrogen (secondary N) is 1. The highest BCUT2D eigenvalue weighted by Crippen LogP contribution is 2.22. The van der Waals surface area contributed by atoms with Gasteiger partial charge in [0.15, 0.2) is 0 Å².